The van der Waals surface area contributed by atoms with Gasteiger partial charge in [-0.2, -0.15) is 5.26 Å². The summed E-state index contributed by atoms with van der Waals surface area (Å²) in [5, 5.41) is 14.8. The van der Waals surface area contributed by atoms with Crippen LogP contribution < -0.4 is 15.4 Å². The summed E-state index contributed by atoms with van der Waals surface area (Å²) in [5.74, 6) is 1.27. The SMILES string of the molecule is COc1cccc(Nc2cc(C(=O)Nc3cccc(C#N)c3)nc(C)n2)c1. The summed E-state index contributed by atoms with van der Waals surface area (Å²) < 4.78 is 5.20. The number of nitrogens with one attached hydrogen (secondary N) is 2. The molecule has 0 fully saturated rings. The van der Waals surface area contributed by atoms with Crippen molar-refractivity contribution in [3.8, 4) is 11.8 Å². The number of nitrogens with zero attached hydrogens (tertiary/aromatic N) is 3. The first-order valence-electron chi connectivity index (χ1n) is 8.15. The lowest BCUT2D eigenvalue weighted by Crippen LogP contribution is -2.15. The highest BCUT2D eigenvalue weighted by Gasteiger charge is 2.12. The van der Waals surface area contributed by atoms with Gasteiger partial charge in [-0.1, -0.05) is 12.1 Å². The molecule has 0 bridgehead atoms. The number of carbonyl (C=O) groups is 1. The van der Waals surface area contributed by atoms with E-state index in [1.165, 1.54) is 0 Å². The molecule has 1 heterocycles. The smallest absolute Gasteiger partial charge is 0.274 e. The van der Waals surface area contributed by atoms with Crippen LogP contribution in [0, 0.1) is 18.3 Å². The summed E-state index contributed by atoms with van der Waals surface area (Å²) in [6.07, 6.45) is 0. The van der Waals surface area contributed by atoms with Gasteiger partial charge in [0.1, 0.15) is 23.1 Å². The quantitative estimate of drug-likeness (QED) is 0.721. The van der Waals surface area contributed by atoms with E-state index in [0.717, 1.165) is 5.69 Å². The second kappa shape index (κ2) is 7.97. The standard InChI is InChI=1S/C20H17N5O2/c1-13-22-18(20(26)25-15-6-3-5-14(9-15)12-21)11-19(23-13)24-16-7-4-8-17(10-16)27-2/h3-11H,1-2H3,(H,25,26)(H,22,23,24). The second-order valence-electron chi connectivity index (χ2n) is 5.69. The summed E-state index contributed by atoms with van der Waals surface area (Å²) >= 11 is 0. The molecule has 3 aromatic rings. The van der Waals surface area contributed by atoms with Gasteiger partial charge in [0.2, 0.25) is 0 Å². The lowest BCUT2D eigenvalue weighted by atomic mass is 10.2. The van der Waals surface area contributed by atoms with Gasteiger partial charge in [-0.15, -0.1) is 0 Å². The number of ether oxygens (including phenoxy) is 1. The van der Waals surface area contributed by atoms with Crippen LogP contribution in [0.25, 0.3) is 0 Å². The van der Waals surface area contributed by atoms with E-state index in [9.17, 15) is 4.79 Å². The van der Waals surface area contributed by atoms with Crippen LogP contribution in [0.4, 0.5) is 17.2 Å². The molecule has 3 rings (SSSR count). The normalized spacial score (nSPS) is 9.96. The summed E-state index contributed by atoms with van der Waals surface area (Å²) in [4.78, 5) is 21.0. The molecule has 27 heavy (non-hydrogen) atoms. The van der Waals surface area contributed by atoms with Crippen LogP contribution >= 0.6 is 0 Å². The maximum Gasteiger partial charge on any atom is 0.274 e. The van der Waals surface area contributed by atoms with Gasteiger partial charge in [-0.05, 0) is 37.3 Å². The summed E-state index contributed by atoms with van der Waals surface area (Å²) in [6, 6.07) is 17.7. The fraction of sp³-hybridized carbons (Fsp3) is 0.100. The molecule has 2 aromatic carbocycles. The van der Waals surface area contributed by atoms with E-state index in [1.807, 2.05) is 30.3 Å². The van der Waals surface area contributed by atoms with Crippen molar-refractivity contribution in [2.45, 2.75) is 6.92 Å². The van der Waals surface area contributed by atoms with E-state index in [1.54, 1.807) is 44.4 Å². The molecule has 0 aliphatic carbocycles. The minimum atomic E-state index is -0.385. The first-order valence-corrected chi connectivity index (χ1v) is 8.15. The Bertz CT molecular complexity index is 1030. The molecule has 134 valence electrons. The second-order valence-corrected chi connectivity index (χ2v) is 5.69. The highest BCUT2D eigenvalue weighted by atomic mass is 16.5. The zero-order valence-corrected chi connectivity index (χ0v) is 14.9. The minimum absolute atomic E-state index is 0.218. The number of methoxy groups -OCH3 is 1. The lowest BCUT2D eigenvalue weighted by Gasteiger charge is -2.10. The number of benzene rings is 2. The monoisotopic (exact) mass is 359 g/mol. The Balaban J connectivity index is 1.81. The predicted molar refractivity (Wildman–Crippen MR) is 102 cm³/mol. The van der Waals surface area contributed by atoms with Gasteiger partial charge in [0.05, 0.1) is 18.7 Å². The largest absolute Gasteiger partial charge is 0.497 e. The zero-order valence-electron chi connectivity index (χ0n) is 14.9. The maximum atomic E-state index is 12.5. The number of aryl methyl sites for hydroxylation is 1. The van der Waals surface area contributed by atoms with Crippen molar-refractivity contribution >= 4 is 23.1 Å². The Morgan fingerprint density at radius 1 is 1.07 bits per heavy atom. The van der Waals surface area contributed by atoms with E-state index in [-0.39, 0.29) is 11.6 Å². The molecular weight excluding hydrogens is 342 g/mol. The molecule has 0 saturated carbocycles. The van der Waals surface area contributed by atoms with Crippen LogP contribution in [0.3, 0.4) is 0 Å². The molecule has 7 nitrogen and oxygen atoms in total. The Morgan fingerprint density at radius 2 is 1.85 bits per heavy atom. The maximum absolute atomic E-state index is 12.5. The van der Waals surface area contributed by atoms with Crippen LogP contribution in [-0.4, -0.2) is 23.0 Å². The molecular formula is C20H17N5O2. The van der Waals surface area contributed by atoms with Crippen LogP contribution in [0.1, 0.15) is 21.9 Å². The van der Waals surface area contributed by atoms with Gasteiger partial charge in [-0.3, -0.25) is 4.79 Å². The Hall–Kier alpha value is -3.92. The van der Waals surface area contributed by atoms with Crippen molar-refractivity contribution < 1.29 is 9.53 Å². The molecule has 0 spiro atoms. The molecule has 1 amide bonds. The van der Waals surface area contributed by atoms with E-state index >= 15 is 0 Å². The molecule has 2 N–H and O–H groups in total. The third-order valence-electron chi connectivity index (χ3n) is 3.66. The van der Waals surface area contributed by atoms with Gasteiger partial charge in [0, 0.05) is 23.5 Å². The van der Waals surface area contributed by atoms with Crippen molar-refractivity contribution in [2.75, 3.05) is 17.7 Å². The number of rotatable bonds is 5. The Kier molecular flexibility index (Phi) is 5.28. The van der Waals surface area contributed by atoms with Crippen molar-refractivity contribution in [1.29, 1.82) is 5.26 Å². The molecule has 0 aliphatic heterocycles. The first-order chi connectivity index (χ1) is 13.1. The van der Waals surface area contributed by atoms with Gasteiger partial charge in [0.25, 0.3) is 5.91 Å². The number of carbonyl (C=O) groups excluding carboxylic acids is 1. The van der Waals surface area contributed by atoms with E-state index in [4.69, 9.17) is 10.00 Å². The van der Waals surface area contributed by atoms with Crippen LogP contribution in [0.15, 0.2) is 54.6 Å². The first kappa shape index (κ1) is 17.9. The van der Waals surface area contributed by atoms with Crippen LogP contribution in [0.5, 0.6) is 5.75 Å². The zero-order chi connectivity index (χ0) is 19.2. The number of anilines is 3. The molecule has 0 aliphatic rings. The Labute approximate surface area is 156 Å². The summed E-state index contributed by atoms with van der Waals surface area (Å²) in [7, 11) is 1.59. The van der Waals surface area contributed by atoms with Crippen molar-refractivity contribution in [3.05, 3.63) is 71.7 Å². The molecule has 7 heteroatoms. The topological polar surface area (TPSA) is 99.9 Å². The predicted octanol–water partition coefficient (Wildman–Crippen LogP) is 3.66. The molecule has 0 atom stereocenters. The van der Waals surface area contributed by atoms with Crippen molar-refractivity contribution in [2.24, 2.45) is 0 Å². The lowest BCUT2D eigenvalue weighted by molar-refractivity contribution is 0.102. The third-order valence-corrected chi connectivity index (χ3v) is 3.66. The molecule has 0 unspecified atom stereocenters. The van der Waals surface area contributed by atoms with Gasteiger partial charge >= 0.3 is 0 Å². The van der Waals surface area contributed by atoms with E-state index in [0.29, 0.717) is 28.6 Å². The number of nitriles is 1. The number of hydrogen-bond donors (Lipinski definition) is 2. The van der Waals surface area contributed by atoms with Crippen LogP contribution in [-0.2, 0) is 0 Å². The van der Waals surface area contributed by atoms with Gasteiger partial charge in [-0.25, -0.2) is 9.97 Å². The average molecular weight is 359 g/mol. The van der Waals surface area contributed by atoms with E-state index in [2.05, 4.69) is 20.6 Å². The molecule has 0 saturated heterocycles. The van der Waals surface area contributed by atoms with Gasteiger partial charge < -0.3 is 15.4 Å². The fourth-order valence-electron chi connectivity index (χ4n) is 2.46. The highest BCUT2D eigenvalue weighted by molar-refractivity contribution is 6.03. The van der Waals surface area contributed by atoms with Crippen molar-refractivity contribution in [3.63, 3.8) is 0 Å². The van der Waals surface area contributed by atoms with Crippen molar-refractivity contribution in [1.82, 2.24) is 9.97 Å². The molecule has 0 radical (unpaired) electrons. The minimum Gasteiger partial charge on any atom is -0.497 e. The Morgan fingerprint density at radius 3 is 2.63 bits per heavy atom. The summed E-state index contributed by atoms with van der Waals surface area (Å²) in [5.41, 5.74) is 1.99. The number of hydrogen-bond acceptors (Lipinski definition) is 6. The summed E-state index contributed by atoms with van der Waals surface area (Å²) in [6.45, 7) is 1.71. The molecule has 1 aromatic heterocycles. The fourth-order valence-corrected chi connectivity index (χ4v) is 2.46. The third kappa shape index (κ3) is 4.58. The number of aromatic nitrogens is 2. The number of amides is 1. The van der Waals surface area contributed by atoms with Gasteiger partial charge in [0.15, 0.2) is 0 Å². The highest BCUT2D eigenvalue weighted by Crippen LogP contribution is 2.21. The van der Waals surface area contributed by atoms with E-state index < -0.39 is 0 Å². The van der Waals surface area contributed by atoms with Crippen LogP contribution in [0.2, 0.25) is 0 Å². The average Bonchev–Trinajstić information content (AvgIpc) is 2.67.